The smallest absolute Gasteiger partial charge is 0.407 e. The van der Waals surface area contributed by atoms with E-state index in [1.54, 1.807) is 0 Å². The van der Waals surface area contributed by atoms with Gasteiger partial charge in [0.05, 0.1) is 12.3 Å². The molecule has 0 radical (unpaired) electrons. The molecular formula is C28H34N2O5. The highest BCUT2D eigenvalue weighted by Crippen LogP contribution is 2.44. The minimum atomic E-state index is -0.944. The molecule has 2 aliphatic carbocycles. The summed E-state index contributed by atoms with van der Waals surface area (Å²) < 4.78 is 5.68. The van der Waals surface area contributed by atoms with Crippen molar-refractivity contribution in [3.05, 3.63) is 59.7 Å². The molecule has 0 aliphatic heterocycles. The molecule has 1 fully saturated rings. The van der Waals surface area contributed by atoms with E-state index < -0.39 is 24.0 Å². The van der Waals surface area contributed by atoms with Gasteiger partial charge in [-0.15, -0.1) is 0 Å². The van der Waals surface area contributed by atoms with E-state index in [0.717, 1.165) is 24.0 Å². The molecule has 2 aromatic carbocycles. The SMILES string of the molecule is CC(C)[C@@H](CC(=O)O)NC(=O)[C@@H]1CCCC[C@@H]1NC(=O)OCC1c2ccccc2-c2ccccc21. The van der Waals surface area contributed by atoms with Crippen molar-refractivity contribution in [3.63, 3.8) is 0 Å². The number of nitrogens with one attached hydrogen (secondary N) is 2. The van der Waals surface area contributed by atoms with Crippen molar-refractivity contribution in [3.8, 4) is 11.1 Å². The molecule has 7 heteroatoms. The second-order valence-corrected chi connectivity index (χ2v) is 9.92. The van der Waals surface area contributed by atoms with Crippen molar-refractivity contribution in [2.24, 2.45) is 11.8 Å². The van der Waals surface area contributed by atoms with Crippen LogP contribution in [0.1, 0.15) is 63.0 Å². The number of aliphatic carboxylic acids is 1. The van der Waals surface area contributed by atoms with Gasteiger partial charge in [-0.05, 0) is 41.0 Å². The summed E-state index contributed by atoms with van der Waals surface area (Å²) in [5.41, 5.74) is 4.63. The van der Waals surface area contributed by atoms with E-state index in [4.69, 9.17) is 4.74 Å². The fourth-order valence-electron chi connectivity index (χ4n) is 5.34. The molecular weight excluding hydrogens is 444 g/mol. The van der Waals surface area contributed by atoms with Crippen LogP contribution in [0.3, 0.4) is 0 Å². The third-order valence-electron chi connectivity index (χ3n) is 7.28. The number of carboxylic acids is 1. The Hall–Kier alpha value is -3.35. The van der Waals surface area contributed by atoms with Gasteiger partial charge in [0.25, 0.3) is 0 Å². The van der Waals surface area contributed by atoms with E-state index in [2.05, 4.69) is 34.9 Å². The van der Waals surface area contributed by atoms with Gasteiger partial charge < -0.3 is 20.5 Å². The Balaban J connectivity index is 1.38. The highest BCUT2D eigenvalue weighted by Gasteiger charge is 2.35. The Labute approximate surface area is 206 Å². The number of fused-ring (bicyclic) bond motifs is 3. The monoisotopic (exact) mass is 478 g/mol. The summed E-state index contributed by atoms with van der Waals surface area (Å²) in [6.45, 7) is 4.00. The molecule has 0 heterocycles. The van der Waals surface area contributed by atoms with Gasteiger partial charge in [-0.2, -0.15) is 0 Å². The predicted molar refractivity (Wildman–Crippen MR) is 133 cm³/mol. The maximum atomic E-state index is 13.0. The molecule has 7 nitrogen and oxygen atoms in total. The van der Waals surface area contributed by atoms with Crippen LogP contribution in [0.15, 0.2) is 48.5 Å². The molecule has 0 unspecified atom stereocenters. The fraction of sp³-hybridized carbons (Fsp3) is 0.464. The molecule has 4 rings (SSSR count). The highest BCUT2D eigenvalue weighted by atomic mass is 16.5. The van der Waals surface area contributed by atoms with E-state index in [1.165, 1.54) is 11.1 Å². The van der Waals surface area contributed by atoms with Crippen molar-refractivity contribution in [2.45, 2.75) is 64.0 Å². The van der Waals surface area contributed by atoms with Crippen LogP contribution in [0.2, 0.25) is 0 Å². The standard InChI is InChI=1S/C28H34N2O5/c1-17(2)25(15-26(31)32)29-27(33)22-13-7-8-14-24(22)30-28(34)35-16-23-20-11-5-3-9-18(20)19-10-4-6-12-21(19)23/h3-6,9-12,17,22-25H,7-8,13-16H2,1-2H3,(H,29,33)(H,30,34)(H,31,32)/t22-,24+,25-/m1/s1. The second kappa shape index (κ2) is 10.9. The maximum Gasteiger partial charge on any atom is 0.407 e. The number of hydrogen-bond donors (Lipinski definition) is 3. The van der Waals surface area contributed by atoms with Gasteiger partial charge in [0.15, 0.2) is 0 Å². The Morgan fingerprint density at radius 1 is 0.971 bits per heavy atom. The summed E-state index contributed by atoms with van der Waals surface area (Å²) in [7, 11) is 0. The van der Waals surface area contributed by atoms with Crippen molar-refractivity contribution in [1.29, 1.82) is 0 Å². The molecule has 0 bridgehead atoms. The average Bonchev–Trinajstić information content (AvgIpc) is 3.16. The number of amides is 2. The summed E-state index contributed by atoms with van der Waals surface area (Å²) in [4.78, 5) is 37.0. The summed E-state index contributed by atoms with van der Waals surface area (Å²) >= 11 is 0. The van der Waals surface area contributed by atoms with Crippen LogP contribution >= 0.6 is 0 Å². The predicted octanol–water partition coefficient (Wildman–Crippen LogP) is 4.70. The van der Waals surface area contributed by atoms with Crippen molar-refractivity contribution < 1.29 is 24.2 Å². The lowest BCUT2D eigenvalue weighted by molar-refractivity contribution is -0.138. The largest absolute Gasteiger partial charge is 0.481 e. The first-order valence-electron chi connectivity index (χ1n) is 12.5. The quantitative estimate of drug-likeness (QED) is 0.510. The Bertz CT molecular complexity index is 1040. The van der Waals surface area contributed by atoms with Gasteiger partial charge in [0, 0.05) is 18.0 Å². The van der Waals surface area contributed by atoms with Crippen LogP contribution in [-0.4, -0.2) is 41.8 Å². The van der Waals surface area contributed by atoms with Crippen LogP contribution in [0, 0.1) is 11.8 Å². The van der Waals surface area contributed by atoms with Gasteiger partial charge in [0.2, 0.25) is 5.91 Å². The molecule has 2 aliphatic rings. The first kappa shape index (κ1) is 24.8. The number of alkyl carbamates (subject to hydrolysis) is 1. The number of benzene rings is 2. The second-order valence-electron chi connectivity index (χ2n) is 9.92. The van der Waals surface area contributed by atoms with Crippen LogP contribution in [0.25, 0.3) is 11.1 Å². The van der Waals surface area contributed by atoms with Crippen LogP contribution in [0.5, 0.6) is 0 Å². The fourth-order valence-corrected chi connectivity index (χ4v) is 5.34. The third-order valence-corrected chi connectivity index (χ3v) is 7.28. The Kier molecular flexibility index (Phi) is 7.73. The van der Waals surface area contributed by atoms with Crippen LogP contribution in [-0.2, 0) is 14.3 Å². The molecule has 3 N–H and O–H groups in total. The van der Waals surface area contributed by atoms with Crippen molar-refractivity contribution >= 4 is 18.0 Å². The number of rotatable bonds is 8. The molecule has 3 atom stereocenters. The van der Waals surface area contributed by atoms with Crippen LogP contribution < -0.4 is 10.6 Å². The first-order valence-corrected chi connectivity index (χ1v) is 12.5. The van der Waals surface area contributed by atoms with Crippen molar-refractivity contribution in [1.82, 2.24) is 10.6 Å². The Morgan fingerprint density at radius 2 is 1.57 bits per heavy atom. The topological polar surface area (TPSA) is 105 Å². The lowest BCUT2D eigenvalue weighted by Gasteiger charge is -2.33. The van der Waals surface area contributed by atoms with Gasteiger partial charge >= 0.3 is 12.1 Å². The molecule has 0 spiro atoms. The zero-order valence-corrected chi connectivity index (χ0v) is 20.3. The van der Waals surface area contributed by atoms with Crippen LogP contribution in [0.4, 0.5) is 4.79 Å². The summed E-state index contributed by atoms with van der Waals surface area (Å²) in [5, 5.41) is 15.0. The molecule has 1 saturated carbocycles. The Morgan fingerprint density at radius 3 is 2.17 bits per heavy atom. The summed E-state index contributed by atoms with van der Waals surface area (Å²) in [6.07, 6.45) is 2.50. The average molecular weight is 479 g/mol. The lowest BCUT2D eigenvalue weighted by atomic mass is 9.83. The molecule has 186 valence electrons. The van der Waals surface area contributed by atoms with Gasteiger partial charge in [-0.1, -0.05) is 75.2 Å². The molecule has 35 heavy (non-hydrogen) atoms. The minimum Gasteiger partial charge on any atom is -0.481 e. The third kappa shape index (κ3) is 5.66. The molecule has 0 aromatic heterocycles. The van der Waals surface area contributed by atoms with E-state index in [-0.39, 0.29) is 36.8 Å². The van der Waals surface area contributed by atoms with E-state index in [9.17, 15) is 19.5 Å². The van der Waals surface area contributed by atoms with E-state index >= 15 is 0 Å². The number of ether oxygens (including phenoxy) is 1. The number of hydrogen-bond acceptors (Lipinski definition) is 4. The summed E-state index contributed by atoms with van der Waals surface area (Å²) in [5.74, 6) is -1.58. The van der Waals surface area contributed by atoms with Gasteiger partial charge in [-0.25, -0.2) is 4.79 Å². The van der Waals surface area contributed by atoms with E-state index in [0.29, 0.717) is 12.8 Å². The first-order chi connectivity index (χ1) is 16.8. The number of carboxylic acid groups (broad SMARTS) is 1. The molecule has 2 amide bonds. The van der Waals surface area contributed by atoms with Gasteiger partial charge in [0.1, 0.15) is 6.61 Å². The molecule has 0 saturated heterocycles. The zero-order chi connectivity index (χ0) is 24.9. The summed E-state index contributed by atoms with van der Waals surface area (Å²) in [6, 6.07) is 15.6. The highest BCUT2D eigenvalue weighted by molar-refractivity contribution is 5.82. The number of carbonyl (C=O) groups is 3. The maximum absolute atomic E-state index is 13.0. The minimum absolute atomic E-state index is 0.00724. The lowest BCUT2D eigenvalue weighted by Crippen LogP contribution is -2.51. The normalized spacial score (nSPS) is 20.0. The zero-order valence-electron chi connectivity index (χ0n) is 20.3. The van der Waals surface area contributed by atoms with E-state index in [1.807, 2.05) is 38.1 Å². The van der Waals surface area contributed by atoms with Gasteiger partial charge in [-0.3, -0.25) is 9.59 Å². The molecule has 2 aromatic rings. The van der Waals surface area contributed by atoms with Crippen molar-refractivity contribution in [2.75, 3.05) is 6.61 Å². The number of carbonyl (C=O) groups excluding carboxylic acids is 2.